The molecule has 0 bridgehead atoms. The van der Waals surface area contributed by atoms with Gasteiger partial charge in [0.15, 0.2) is 0 Å². The molecule has 0 aliphatic carbocycles. The lowest BCUT2D eigenvalue weighted by Gasteiger charge is -2.25. The van der Waals surface area contributed by atoms with Crippen molar-refractivity contribution >= 4 is 29.1 Å². The number of carbonyl (C=O) groups excluding carboxylic acids is 1. The molecular formula is C18H19Cl2N3O2. The van der Waals surface area contributed by atoms with E-state index in [-0.39, 0.29) is 17.5 Å². The lowest BCUT2D eigenvalue weighted by molar-refractivity contribution is 0.0726. The normalized spacial score (nSPS) is 17.1. The Balaban J connectivity index is 1.89. The number of aromatic nitrogens is 2. The first kappa shape index (κ1) is 18.0. The van der Waals surface area contributed by atoms with Crippen LogP contribution in [0.25, 0.3) is 0 Å². The molecule has 0 spiro atoms. The van der Waals surface area contributed by atoms with Gasteiger partial charge in [-0.05, 0) is 43.0 Å². The van der Waals surface area contributed by atoms with E-state index in [0.717, 1.165) is 24.8 Å². The second-order valence-corrected chi connectivity index (χ2v) is 6.92. The average molecular weight is 380 g/mol. The number of benzene rings is 1. The average Bonchev–Trinajstić information content (AvgIpc) is 3.08. The van der Waals surface area contributed by atoms with Crippen LogP contribution >= 0.6 is 23.2 Å². The Bertz CT molecular complexity index is 850. The maximum Gasteiger partial charge on any atom is 0.274 e. The highest BCUT2D eigenvalue weighted by molar-refractivity contribution is 6.42. The van der Waals surface area contributed by atoms with Crippen LogP contribution in [0.2, 0.25) is 10.0 Å². The van der Waals surface area contributed by atoms with Gasteiger partial charge in [-0.15, -0.1) is 0 Å². The van der Waals surface area contributed by atoms with E-state index in [1.165, 1.54) is 16.8 Å². The number of nitrogens with zero attached hydrogens (tertiary/aromatic N) is 3. The summed E-state index contributed by atoms with van der Waals surface area (Å²) in [5, 5.41) is 5.21. The van der Waals surface area contributed by atoms with Gasteiger partial charge in [0.1, 0.15) is 5.69 Å². The van der Waals surface area contributed by atoms with Crippen molar-refractivity contribution in [2.75, 3.05) is 6.54 Å². The second kappa shape index (κ2) is 7.58. The molecule has 0 N–H and O–H groups in total. The van der Waals surface area contributed by atoms with E-state index in [9.17, 15) is 9.59 Å². The van der Waals surface area contributed by atoms with Crippen LogP contribution in [-0.2, 0) is 6.54 Å². The van der Waals surface area contributed by atoms with Crippen molar-refractivity contribution in [2.24, 2.45) is 0 Å². The number of aryl methyl sites for hydroxylation is 1. The van der Waals surface area contributed by atoms with E-state index in [4.69, 9.17) is 23.2 Å². The summed E-state index contributed by atoms with van der Waals surface area (Å²) in [4.78, 5) is 26.5. The van der Waals surface area contributed by atoms with Gasteiger partial charge in [0.25, 0.3) is 11.5 Å². The van der Waals surface area contributed by atoms with Crippen LogP contribution in [0.1, 0.15) is 48.3 Å². The standard InChI is InChI=1S/C18H19Cl2N3O2/c1-2-9-23-17(24)8-7-15(21-23)18(25)22-10-3-4-16(22)12-5-6-13(19)14(20)11-12/h5-8,11,16H,2-4,9-10H2,1H3. The third-order valence-electron chi connectivity index (χ3n) is 4.36. The molecule has 7 heteroatoms. The summed E-state index contributed by atoms with van der Waals surface area (Å²) in [5.74, 6) is -0.168. The van der Waals surface area contributed by atoms with Crippen molar-refractivity contribution in [2.45, 2.75) is 38.8 Å². The Morgan fingerprint density at radius 2 is 2.04 bits per heavy atom. The molecule has 1 aromatic carbocycles. The quantitative estimate of drug-likeness (QED) is 0.808. The van der Waals surface area contributed by atoms with Gasteiger partial charge < -0.3 is 4.90 Å². The lowest BCUT2D eigenvalue weighted by atomic mass is 10.0. The van der Waals surface area contributed by atoms with Crippen molar-refractivity contribution in [1.29, 1.82) is 0 Å². The van der Waals surface area contributed by atoms with E-state index >= 15 is 0 Å². The number of likely N-dealkylation sites (tertiary alicyclic amines) is 1. The van der Waals surface area contributed by atoms with Gasteiger partial charge in [0.05, 0.1) is 16.1 Å². The fourth-order valence-corrected chi connectivity index (χ4v) is 3.46. The Morgan fingerprint density at radius 1 is 1.24 bits per heavy atom. The smallest absolute Gasteiger partial charge is 0.274 e. The molecule has 1 saturated heterocycles. The minimum atomic E-state index is -0.194. The number of amides is 1. The number of carbonyl (C=O) groups is 1. The molecule has 2 aromatic rings. The van der Waals surface area contributed by atoms with Gasteiger partial charge in [0.2, 0.25) is 0 Å². The SMILES string of the molecule is CCCn1nc(C(=O)N2CCCC2c2ccc(Cl)c(Cl)c2)ccc1=O. The summed E-state index contributed by atoms with van der Waals surface area (Å²) in [6.45, 7) is 3.11. The van der Waals surface area contributed by atoms with E-state index in [0.29, 0.717) is 28.8 Å². The Kier molecular flexibility index (Phi) is 5.45. The van der Waals surface area contributed by atoms with Crippen molar-refractivity contribution < 1.29 is 4.79 Å². The fourth-order valence-electron chi connectivity index (χ4n) is 3.16. The molecular weight excluding hydrogens is 361 g/mol. The van der Waals surface area contributed by atoms with Crippen LogP contribution in [0.5, 0.6) is 0 Å². The molecule has 1 aliphatic heterocycles. The molecule has 132 valence electrons. The van der Waals surface area contributed by atoms with Crippen LogP contribution in [0, 0.1) is 0 Å². The zero-order chi connectivity index (χ0) is 18.0. The van der Waals surface area contributed by atoms with Crippen molar-refractivity contribution in [3.63, 3.8) is 0 Å². The molecule has 1 fully saturated rings. The minimum Gasteiger partial charge on any atom is -0.330 e. The van der Waals surface area contributed by atoms with Crippen LogP contribution < -0.4 is 5.56 Å². The molecule has 0 saturated carbocycles. The van der Waals surface area contributed by atoms with E-state index in [2.05, 4.69) is 5.10 Å². The predicted molar refractivity (Wildman–Crippen MR) is 98.3 cm³/mol. The predicted octanol–water partition coefficient (Wildman–Crippen LogP) is 3.94. The second-order valence-electron chi connectivity index (χ2n) is 6.11. The molecule has 3 rings (SSSR count). The minimum absolute atomic E-state index is 0.0596. The van der Waals surface area contributed by atoms with Gasteiger partial charge in [-0.3, -0.25) is 9.59 Å². The Hall–Kier alpha value is -1.85. The topological polar surface area (TPSA) is 55.2 Å². The first-order chi connectivity index (χ1) is 12.0. The summed E-state index contributed by atoms with van der Waals surface area (Å²) < 4.78 is 1.34. The summed E-state index contributed by atoms with van der Waals surface area (Å²) in [6, 6.07) is 8.30. The summed E-state index contributed by atoms with van der Waals surface area (Å²) in [5.41, 5.74) is 1.06. The summed E-state index contributed by atoms with van der Waals surface area (Å²) in [7, 11) is 0. The monoisotopic (exact) mass is 379 g/mol. The van der Waals surface area contributed by atoms with Gasteiger partial charge in [-0.2, -0.15) is 5.10 Å². The summed E-state index contributed by atoms with van der Waals surface area (Å²) in [6.07, 6.45) is 2.55. The van der Waals surface area contributed by atoms with Gasteiger partial charge in [-0.1, -0.05) is 36.2 Å². The molecule has 1 unspecified atom stereocenters. The van der Waals surface area contributed by atoms with Crippen molar-refractivity contribution in [1.82, 2.24) is 14.7 Å². The molecule has 1 aliphatic rings. The molecule has 1 atom stereocenters. The maximum absolute atomic E-state index is 12.9. The zero-order valence-corrected chi connectivity index (χ0v) is 15.4. The first-order valence-corrected chi connectivity index (χ1v) is 9.11. The van der Waals surface area contributed by atoms with E-state index in [1.807, 2.05) is 19.1 Å². The molecule has 2 heterocycles. The van der Waals surface area contributed by atoms with E-state index in [1.54, 1.807) is 11.0 Å². The number of rotatable bonds is 4. The first-order valence-electron chi connectivity index (χ1n) is 8.35. The maximum atomic E-state index is 12.9. The zero-order valence-electron chi connectivity index (χ0n) is 13.9. The number of halogens is 2. The van der Waals surface area contributed by atoms with Gasteiger partial charge in [0, 0.05) is 19.2 Å². The largest absolute Gasteiger partial charge is 0.330 e. The number of hydrogen-bond acceptors (Lipinski definition) is 3. The Morgan fingerprint density at radius 3 is 2.76 bits per heavy atom. The van der Waals surface area contributed by atoms with Crippen LogP contribution in [0.15, 0.2) is 35.1 Å². The van der Waals surface area contributed by atoms with Crippen LogP contribution in [0.4, 0.5) is 0 Å². The molecule has 1 aromatic heterocycles. The van der Waals surface area contributed by atoms with Crippen LogP contribution in [-0.4, -0.2) is 27.1 Å². The Labute approximate surface area is 156 Å². The van der Waals surface area contributed by atoms with Gasteiger partial charge >= 0.3 is 0 Å². The van der Waals surface area contributed by atoms with E-state index < -0.39 is 0 Å². The third kappa shape index (κ3) is 3.72. The van der Waals surface area contributed by atoms with Crippen molar-refractivity contribution in [3.8, 4) is 0 Å². The molecule has 5 nitrogen and oxygen atoms in total. The lowest BCUT2D eigenvalue weighted by Crippen LogP contribution is -2.33. The highest BCUT2D eigenvalue weighted by atomic mass is 35.5. The highest BCUT2D eigenvalue weighted by Crippen LogP contribution is 2.35. The number of hydrogen-bond donors (Lipinski definition) is 0. The van der Waals surface area contributed by atoms with Gasteiger partial charge in [-0.25, -0.2) is 4.68 Å². The molecule has 1 amide bonds. The molecule has 25 heavy (non-hydrogen) atoms. The third-order valence-corrected chi connectivity index (χ3v) is 5.10. The van der Waals surface area contributed by atoms with Crippen LogP contribution in [0.3, 0.4) is 0 Å². The fraction of sp³-hybridized carbons (Fsp3) is 0.389. The highest BCUT2D eigenvalue weighted by Gasteiger charge is 2.31. The summed E-state index contributed by atoms with van der Waals surface area (Å²) >= 11 is 12.1. The molecule has 0 radical (unpaired) electrons. The van der Waals surface area contributed by atoms with Crippen molar-refractivity contribution in [3.05, 3.63) is 62.0 Å².